The lowest BCUT2D eigenvalue weighted by molar-refractivity contribution is 0.590. The summed E-state index contributed by atoms with van der Waals surface area (Å²) >= 11 is 0. The summed E-state index contributed by atoms with van der Waals surface area (Å²) in [4.78, 5) is 3.95. The first kappa shape index (κ1) is 42.5. The fraction of sp³-hybridized carbons (Fsp3) is 0.151. The van der Waals surface area contributed by atoms with Crippen molar-refractivity contribution >= 4 is 79.0 Å². The molecule has 0 unspecified atom stereocenters. The minimum atomic E-state index is -3.41. The van der Waals surface area contributed by atoms with Crippen LogP contribution in [0.25, 0.3) is 83.1 Å². The minimum absolute atomic E-state index is 0.0177. The van der Waals surface area contributed by atoms with Crippen LogP contribution in [0.2, 0.25) is 0 Å². The topological polar surface area (TPSA) is 35.2 Å². The molecule has 440 valence electrons. The first-order valence-electron chi connectivity index (χ1n) is 38.4. The fourth-order valence-corrected chi connectivity index (χ4v) is 13.4. The minimum Gasteiger partial charge on any atom is -0.310 e. The second kappa shape index (κ2) is 21.7. The van der Waals surface area contributed by atoms with Gasteiger partial charge in [-0.3, -0.25) is 0 Å². The van der Waals surface area contributed by atoms with Crippen LogP contribution in [0.5, 0.6) is 0 Å². The first-order valence-corrected chi connectivity index (χ1v) is 30.9. The maximum absolute atomic E-state index is 12.0. The van der Waals surface area contributed by atoms with Gasteiger partial charge >= 0.3 is 0 Å². The summed E-state index contributed by atoms with van der Waals surface area (Å²) in [6, 6.07) is 55.6. The molecule has 0 amide bonds. The smallest absolute Gasteiger partial charge is 0.252 e. The zero-order chi connectivity index (χ0) is 75.6. The summed E-state index contributed by atoms with van der Waals surface area (Å²) in [5, 5.41) is 11.3. The molecule has 0 spiro atoms. The lowest BCUT2D eigenvalue weighted by Gasteiger charge is -2.47. The van der Waals surface area contributed by atoms with E-state index in [0.717, 1.165) is 43.5 Å². The van der Waals surface area contributed by atoms with Gasteiger partial charge in [-0.2, -0.15) is 5.26 Å². The van der Waals surface area contributed by atoms with Gasteiger partial charge in [0.1, 0.15) is 0 Å². The number of hydrogen-bond acceptors (Lipinski definition) is 3. The summed E-state index contributed by atoms with van der Waals surface area (Å²) in [6.07, 6.45) is 0. The third kappa shape index (κ3) is 9.59. The van der Waals surface area contributed by atoms with E-state index in [-0.39, 0.29) is 56.3 Å². The van der Waals surface area contributed by atoms with Crippen molar-refractivity contribution in [1.29, 1.82) is 5.26 Å². The fourth-order valence-electron chi connectivity index (χ4n) is 13.4. The molecule has 13 aromatic rings. The molecule has 0 radical (unpaired) electrons. The summed E-state index contributed by atoms with van der Waals surface area (Å²) < 4.78 is 152. The van der Waals surface area contributed by atoms with Gasteiger partial charge in [0.25, 0.3) is 6.71 Å². The Labute approximate surface area is 558 Å². The monoisotopic (exact) mass is 1190 g/mol. The standard InChI is InChI=1S/C86H73BN4/c1-55-44-65(89-74-42-28-26-40-66(74)67-41-27-29-43-75(67)89)52-79-80(55)87-73-45-61(54-88)68(56-30-16-11-17-31-56)53-76(73)90(82-69(57-32-18-12-19-33-57)46-62(84(2,3)4)47-70(82)58-34-20-13-21-35-58)77-50-64(86(8,9)10)51-78(81(77)87)91(79)83-71(59-36-22-14-23-37-59)48-63(85(5,6)7)49-72(83)60-38-24-15-25-39-60/h11-53H,1-10H3/i1D3,26D,27D,28D,29D,40D,41D,42D,43D,44D,45D,52D,53D. The van der Waals surface area contributed by atoms with Crippen LogP contribution in [0.3, 0.4) is 0 Å². The SMILES string of the molecule is [2H]c1c(C#N)c(-c2ccccc2)c([2H])c2c1B1c3c(cc(C(C)(C)C)cc3N(c3c(-c4ccccc4)cc(C(C)(C)C)cc3-c3ccccc3)c3c([2H])c(-n4c5c([2H])c([2H])c([2H])c([2H])c5c5c([2H])c([2H])c([2H])c([2H])c54)c([2H])c(C([2H])([2H])[2H])c31)N2c1c(-c2ccccc2)cc(C(C)(C)C)cc1-c1ccccc1. The van der Waals surface area contributed by atoms with E-state index >= 15 is 0 Å². The normalized spacial score (nSPS) is 15.3. The molecule has 0 N–H and O–H groups in total. The zero-order valence-corrected chi connectivity index (χ0v) is 52.3. The molecular weight excluding hydrogens is 1100 g/mol. The number of anilines is 6. The highest BCUT2D eigenvalue weighted by Crippen LogP contribution is 2.56. The third-order valence-electron chi connectivity index (χ3n) is 18.0. The molecule has 5 heteroatoms. The summed E-state index contributed by atoms with van der Waals surface area (Å²) in [5.74, 6) is 0. The van der Waals surface area contributed by atoms with Gasteiger partial charge in [0.15, 0.2) is 0 Å². The predicted octanol–water partition coefficient (Wildman–Crippen LogP) is 21.3. The number of fused-ring (bicyclic) bond motifs is 7. The number of hydrogen-bond donors (Lipinski definition) is 0. The molecule has 0 aliphatic carbocycles. The van der Waals surface area contributed by atoms with E-state index in [2.05, 4.69) is 104 Å². The van der Waals surface area contributed by atoms with Crippen molar-refractivity contribution in [2.45, 2.75) is 85.4 Å². The van der Waals surface area contributed by atoms with Crippen LogP contribution in [0.4, 0.5) is 34.1 Å². The molecule has 1 aromatic heterocycles. The van der Waals surface area contributed by atoms with Crippen LogP contribution < -0.4 is 26.2 Å². The second-order valence-corrected chi connectivity index (χ2v) is 26.8. The van der Waals surface area contributed by atoms with Crippen molar-refractivity contribution in [2.24, 2.45) is 0 Å². The lowest BCUT2D eigenvalue weighted by atomic mass is 9.32. The maximum Gasteiger partial charge on any atom is 0.252 e. The number of aromatic nitrogens is 1. The maximum atomic E-state index is 12.0. The summed E-state index contributed by atoms with van der Waals surface area (Å²) in [7, 11) is 0. The van der Waals surface area contributed by atoms with Gasteiger partial charge in [-0.1, -0.05) is 256 Å². The van der Waals surface area contributed by atoms with Crippen molar-refractivity contribution in [1.82, 2.24) is 4.57 Å². The predicted molar refractivity (Wildman–Crippen MR) is 388 cm³/mol. The Morgan fingerprint density at radius 1 is 0.407 bits per heavy atom. The van der Waals surface area contributed by atoms with Crippen molar-refractivity contribution in [2.75, 3.05) is 9.80 Å². The van der Waals surface area contributed by atoms with Crippen LogP contribution in [-0.2, 0) is 16.2 Å². The van der Waals surface area contributed by atoms with E-state index in [1.165, 1.54) is 0 Å². The van der Waals surface area contributed by atoms with Crippen molar-refractivity contribution < 1.29 is 20.6 Å². The van der Waals surface area contributed by atoms with E-state index in [1.807, 2.05) is 138 Å². The van der Waals surface area contributed by atoms with Crippen LogP contribution in [0.1, 0.15) is 111 Å². The van der Waals surface area contributed by atoms with E-state index in [0.29, 0.717) is 56.0 Å². The first-order chi connectivity index (χ1) is 50.2. The van der Waals surface area contributed by atoms with Crippen molar-refractivity contribution in [3.05, 3.63) is 288 Å². The highest BCUT2D eigenvalue weighted by Gasteiger charge is 2.47. The van der Waals surface area contributed by atoms with Gasteiger partial charge in [0.2, 0.25) is 0 Å². The molecule has 0 saturated carbocycles. The third-order valence-corrected chi connectivity index (χ3v) is 18.0. The molecular formula is C86H73BN4. The molecule has 4 nitrogen and oxygen atoms in total. The Bertz CT molecular complexity index is 5720. The number of nitriles is 1. The van der Waals surface area contributed by atoms with Gasteiger partial charge in [0.05, 0.1) is 50.5 Å². The quantitative estimate of drug-likeness (QED) is 0.142. The van der Waals surface area contributed by atoms with Gasteiger partial charge in [-0.05, 0) is 157 Å². The molecule has 3 heterocycles. The number of nitrogens with zero attached hydrogens (tertiary/aromatic N) is 4. The number of rotatable bonds is 8. The van der Waals surface area contributed by atoms with Gasteiger partial charge < -0.3 is 14.4 Å². The van der Waals surface area contributed by atoms with Gasteiger partial charge in [-0.15, -0.1) is 0 Å². The highest BCUT2D eigenvalue weighted by atomic mass is 15.2. The van der Waals surface area contributed by atoms with Gasteiger partial charge in [0, 0.05) is 71.1 Å². The van der Waals surface area contributed by atoms with Crippen LogP contribution in [-0.4, -0.2) is 11.3 Å². The van der Waals surface area contributed by atoms with E-state index < -0.39 is 113 Å². The van der Waals surface area contributed by atoms with Crippen LogP contribution in [0.15, 0.2) is 261 Å². The Balaban J connectivity index is 1.27. The molecule has 12 aromatic carbocycles. The molecule has 0 atom stereocenters. The number of benzene rings is 12. The second-order valence-electron chi connectivity index (χ2n) is 26.8. The molecule has 0 bridgehead atoms. The molecule has 91 heavy (non-hydrogen) atoms. The Hall–Kier alpha value is -10.4. The summed E-state index contributed by atoms with van der Waals surface area (Å²) in [6.45, 7) is 14.1. The average Bonchev–Trinajstić information content (AvgIpc) is 0.808. The van der Waals surface area contributed by atoms with Crippen LogP contribution >= 0.6 is 0 Å². The molecule has 15 rings (SSSR count). The van der Waals surface area contributed by atoms with E-state index in [4.69, 9.17) is 2.74 Å². The summed E-state index contributed by atoms with van der Waals surface area (Å²) in [5.41, 5.74) is 6.91. The Morgan fingerprint density at radius 2 is 0.780 bits per heavy atom. The molecule has 2 aliphatic heterocycles. The largest absolute Gasteiger partial charge is 0.310 e. The van der Waals surface area contributed by atoms with Crippen LogP contribution in [0, 0.1) is 18.2 Å². The highest BCUT2D eigenvalue weighted by molar-refractivity contribution is 7.00. The molecule has 0 fully saturated rings. The molecule has 2 aliphatic rings. The Morgan fingerprint density at radius 3 is 1.16 bits per heavy atom. The van der Waals surface area contributed by atoms with Crippen molar-refractivity contribution in [3.8, 4) is 67.4 Å². The van der Waals surface area contributed by atoms with Gasteiger partial charge in [-0.25, -0.2) is 0 Å². The Kier molecular flexibility index (Phi) is 10.1. The molecule has 0 saturated heterocycles. The number of para-hydroxylation sites is 2. The van der Waals surface area contributed by atoms with Crippen molar-refractivity contribution in [3.63, 3.8) is 0 Å². The zero-order valence-electron chi connectivity index (χ0n) is 67.3. The average molecular weight is 1190 g/mol. The van der Waals surface area contributed by atoms with E-state index in [9.17, 15) is 23.1 Å². The lowest BCUT2D eigenvalue weighted by Crippen LogP contribution is -2.62. The van der Waals surface area contributed by atoms with E-state index in [1.54, 1.807) is 24.3 Å².